The Morgan fingerprint density at radius 3 is 2.21 bits per heavy atom. The highest BCUT2D eigenvalue weighted by atomic mass is 32.1. The summed E-state index contributed by atoms with van der Waals surface area (Å²) in [5.74, 6) is 0. The van der Waals surface area contributed by atoms with Crippen LogP contribution in [0.5, 0.6) is 0 Å². The molecule has 0 bridgehead atoms. The van der Waals surface area contributed by atoms with Gasteiger partial charge in [0.1, 0.15) is 6.04 Å². The maximum atomic E-state index is 12.7. The fourth-order valence-electron chi connectivity index (χ4n) is 1.34. The first-order valence-electron chi connectivity index (χ1n) is 4.11. The van der Waals surface area contributed by atoms with Crippen LogP contribution in [0.2, 0.25) is 0 Å². The van der Waals surface area contributed by atoms with Crippen molar-refractivity contribution in [2.75, 3.05) is 14.1 Å². The molecule has 1 aromatic heterocycles. The van der Waals surface area contributed by atoms with E-state index < -0.39 is 12.2 Å². The molecule has 1 unspecified atom stereocenters. The zero-order valence-electron chi connectivity index (χ0n) is 8.22. The second kappa shape index (κ2) is 3.90. The molecule has 0 fully saturated rings. The molecule has 1 atom stereocenters. The quantitative estimate of drug-likeness (QED) is 0.744. The van der Waals surface area contributed by atoms with Crippen LogP contribution in [0.4, 0.5) is 13.2 Å². The van der Waals surface area contributed by atoms with Crippen LogP contribution in [-0.4, -0.2) is 25.2 Å². The number of thiophene rings is 1. The van der Waals surface area contributed by atoms with Crippen LogP contribution < -0.4 is 0 Å². The largest absolute Gasteiger partial charge is 0.408 e. The van der Waals surface area contributed by atoms with Crippen molar-refractivity contribution in [3.05, 3.63) is 21.9 Å². The third kappa shape index (κ3) is 2.27. The van der Waals surface area contributed by atoms with Gasteiger partial charge in [0.2, 0.25) is 0 Å². The third-order valence-electron chi connectivity index (χ3n) is 1.98. The molecular weight excluding hydrogens is 211 g/mol. The summed E-state index contributed by atoms with van der Waals surface area (Å²) in [6.07, 6.45) is -4.21. The molecule has 14 heavy (non-hydrogen) atoms. The summed E-state index contributed by atoms with van der Waals surface area (Å²) in [5, 5.41) is 1.69. The Kier molecular flexibility index (Phi) is 3.21. The summed E-state index contributed by atoms with van der Waals surface area (Å²) in [7, 11) is 2.88. The monoisotopic (exact) mass is 223 g/mol. The number of halogens is 3. The molecule has 1 nitrogen and oxygen atoms in total. The van der Waals surface area contributed by atoms with Crippen molar-refractivity contribution >= 4 is 11.3 Å². The van der Waals surface area contributed by atoms with Gasteiger partial charge in [-0.1, -0.05) is 0 Å². The average Bonchev–Trinajstić information content (AvgIpc) is 2.32. The Morgan fingerprint density at radius 2 is 1.93 bits per heavy atom. The smallest absolute Gasteiger partial charge is 0.294 e. The SMILES string of the molecule is Cc1ccsc1C(N(C)C)C(F)(F)F. The van der Waals surface area contributed by atoms with Gasteiger partial charge in [-0.25, -0.2) is 0 Å². The van der Waals surface area contributed by atoms with Crippen LogP contribution in [0.3, 0.4) is 0 Å². The van der Waals surface area contributed by atoms with Crippen molar-refractivity contribution in [1.82, 2.24) is 4.90 Å². The normalized spacial score (nSPS) is 14.8. The van der Waals surface area contributed by atoms with E-state index in [0.29, 0.717) is 10.4 Å². The second-order valence-electron chi connectivity index (χ2n) is 3.38. The molecule has 0 radical (unpaired) electrons. The van der Waals surface area contributed by atoms with E-state index in [1.165, 1.54) is 19.0 Å². The molecule has 1 heterocycles. The van der Waals surface area contributed by atoms with Crippen LogP contribution in [0.25, 0.3) is 0 Å². The molecule has 5 heteroatoms. The van der Waals surface area contributed by atoms with E-state index in [2.05, 4.69) is 0 Å². The molecule has 0 N–H and O–H groups in total. The molecule has 0 amide bonds. The highest BCUT2D eigenvalue weighted by molar-refractivity contribution is 7.10. The minimum atomic E-state index is -4.21. The Labute approximate surface area is 85.2 Å². The number of alkyl halides is 3. The number of nitrogens with zero attached hydrogens (tertiary/aromatic N) is 1. The van der Waals surface area contributed by atoms with Crippen molar-refractivity contribution in [2.24, 2.45) is 0 Å². The van der Waals surface area contributed by atoms with Crippen LogP contribution in [-0.2, 0) is 0 Å². The maximum Gasteiger partial charge on any atom is 0.408 e. The van der Waals surface area contributed by atoms with E-state index in [1.807, 2.05) is 0 Å². The number of rotatable bonds is 2. The molecular formula is C9H12F3NS. The zero-order valence-corrected chi connectivity index (χ0v) is 9.04. The van der Waals surface area contributed by atoms with Gasteiger partial charge in [-0.2, -0.15) is 13.2 Å². The first kappa shape index (κ1) is 11.5. The fraction of sp³-hybridized carbons (Fsp3) is 0.556. The lowest BCUT2D eigenvalue weighted by atomic mass is 10.1. The Morgan fingerprint density at radius 1 is 1.36 bits per heavy atom. The first-order valence-corrected chi connectivity index (χ1v) is 4.99. The number of hydrogen-bond donors (Lipinski definition) is 0. The summed E-state index contributed by atoms with van der Waals surface area (Å²) in [6, 6.07) is 0.227. The van der Waals surface area contributed by atoms with Gasteiger partial charge in [-0.3, -0.25) is 4.90 Å². The second-order valence-corrected chi connectivity index (χ2v) is 4.32. The van der Waals surface area contributed by atoms with Gasteiger partial charge in [-0.15, -0.1) is 11.3 Å². The van der Waals surface area contributed by atoms with E-state index >= 15 is 0 Å². The van der Waals surface area contributed by atoms with Crippen LogP contribution >= 0.6 is 11.3 Å². The minimum absolute atomic E-state index is 0.377. The van der Waals surface area contributed by atoms with Crippen LogP contribution in [0, 0.1) is 6.92 Å². The van der Waals surface area contributed by atoms with Crippen molar-refractivity contribution in [3.8, 4) is 0 Å². The van der Waals surface area contributed by atoms with Gasteiger partial charge in [0, 0.05) is 4.88 Å². The Hall–Kier alpha value is -0.550. The lowest BCUT2D eigenvalue weighted by Gasteiger charge is -2.26. The summed E-state index contributed by atoms with van der Waals surface area (Å²) in [5.41, 5.74) is 0.700. The molecule has 1 aromatic rings. The highest BCUT2D eigenvalue weighted by Gasteiger charge is 2.43. The summed E-state index contributed by atoms with van der Waals surface area (Å²) in [4.78, 5) is 1.57. The van der Waals surface area contributed by atoms with E-state index in [0.717, 1.165) is 11.3 Å². The lowest BCUT2D eigenvalue weighted by molar-refractivity contribution is -0.178. The van der Waals surface area contributed by atoms with E-state index in [4.69, 9.17) is 0 Å². The Bertz CT molecular complexity index is 303. The van der Waals surface area contributed by atoms with E-state index in [1.54, 1.807) is 18.4 Å². The third-order valence-corrected chi connectivity index (χ3v) is 3.05. The summed E-state index contributed by atoms with van der Waals surface area (Å²) >= 11 is 1.15. The van der Waals surface area contributed by atoms with Gasteiger partial charge in [0.15, 0.2) is 0 Å². The molecule has 0 aromatic carbocycles. The summed E-state index contributed by atoms with van der Waals surface area (Å²) in [6.45, 7) is 1.70. The highest BCUT2D eigenvalue weighted by Crippen LogP contribution is 2.39. The minimum Gasteiger partial charge on any atom is -0.294 e. The first-order chi connectivity index (χ1) is 6.34. The standard InChI is InChI=1S/C9H12F3NS/c1-6-4-5-14-7(6)8(13(2)3)9(10,11)12/h4-5,8H,1-3H3. The zero-order chi connectivity index (χ0) is 10.9. The molecule has 0 saturated heterocycles. The van der Waals surface area contributed by atoms with E-state index in [9.17, 15) is 13.2 Å². The molecule has 0 aliphatic heterocycles. The van der Waals surface area contributed by atoms with Crippen LogP contribution in [0.1, 0.15) is 16.5 Å². The predicted octanol–water partition coefficient (Wildman–Crippen LogP) is 3.22. The summed E-state index contributed by atoms with van der Waals surface area (Å²) < 4.78 is 38.0. The van der Waals surface area contributed by atoms with Gasteiger partial charge >= 0.3 is 6.18 Å². The fourth-order valence-corrected chi connectivity index (χ4v) is 2.49. The Balaban J connectivity index is 3.08. The number of aryl methyl sites for hydroxylation is 1. The van der Waals surface area contributed by atoms with E-state index in [-0.39, 0.29) is 0 Å². The van der Waals surface area contributed by atoms with Crippen molar-refractivity contribution in [2.45, 2.75) is 19.1 Å². The maximum absolute atomic E-state index is 12.7. The molecule has 0 aliphatic rings. The van der Waals surface area contributed by atoms with Crippen molar-refractivity contribution in [3.63, 3.8) is 0 Å². The van der Waals surface area contributed by atoms with Crippen LogP contribution in [0.15, 0.2) is 11.4 Å². The van der Waals surface area contributed by atoms with Gasteiger partial charge in [-0.05, 0) is 38.0 Å². The lowest BCUT2D eigenvalue weighted by Crippen LogP contribution is -2.33. The van der Waals surface area contributed by atoms with Gasteiger partial charge in [0.25, 0.3) is 0 Å². The molecule has 1 rings (SSSR count). The molecule has 0 aliphatic carbocycles. The molecule has 0 spiro atoms. The predicted molar refractivity (Wildman–Crippen MR) is 51.5 cm³/mol. The average molecular weight is 223 g/mol. The molecule has 80 valence electrons. The van der Waals surface area contributed by atoms with Crippen molar-refractivity contribution in [1.29, 1.82) is 0 Å². The van der Waals surface area contributed by atoms with Crippen molar-refractivity contribution < 1.29 is 13.2 Å². The molecule has 0 saturated carbocycles. The van der Waals surface area contributed by atoms with Gasteiger partial charge in [0.05, 0.1) is 0 Å². The van der Waals surface area contributed by atoms with Gasteiger partial charge < -0.3 is 0 Å². The topological polar surface area (TPSA) is 3.24 Å². The number of hydrogen-bond acceptors (Lipinski definition) is 2.